The summed E-state index contributed by atoms with van der Waals surface area (Å²) in [4.78, 5) is 55.9. The number of pyridine rings is 1. The number of carbonyl (C=O) groups excluding carboxylic acids is 1. The van der Waals surface area contributed by atoms with Gasteiger partial charge in [-0.25, -0.2) is 46.1 Å². The molecule has 1 amide bonds. The molecule has 0 spiro atoms. The van der Waals surface area contributed by atoms with Crippen molar-refractivity contribution in [3.63, 3.8) is 0 Å². The molecule has 5 aromatic rings. The van der Waals surface area contributed by atoms with E-state index in [4.69, 9.17) is 0 Å². The summed E-state index contributed by atoms with van der Waals surface area (Å²) in [5.41, 5.74) is -0.154. The molecule has 3 aromatic carbocycles. The molecule has 0 bridgehead atoms. The molecular formula is C38H35F3N8O6S. The van der Waals surface area contributed by atoms with Crippen molar-refractivity contribution in [2.75, 3.05) is 40.8 Å². The first-order valence-corrected chi connectivity index (χ1v) is 19.0. The molecule has 4 heterocycles. The van der Waals surface area contributed by atoms with E-state index in [2.05, 4.69) is 19.7 Å². The molecule has 1 saturated heterocycles. The van der Waals surface area contributed by atoms with Crippen molar-refractivity contribution in [1.29, 1.82) is 0 Å². The zero-order valence-corrected chi connectivity index (χ0v) is 31.4. The predicted octanol–water partition coefficient (Wildman–Crippen LogP) is 4.98. The second-order valence-electron chi connectivity index (χ2n) is 13.6. The van der Waals surface area contributed by atoms with Gasteiger partial charge in [0.15, 0.2) is 5.82 Å². The summed E-state index contributed by atoms with van der Waals surface area (Å²) in [7, 11) is -4.06. The summed E-state index contributed by atoms with van der Waals surface area (Å²) in [6.45, 7) is 7.56. The molecule has 14 nitrogen and oxygen atoms in total. The average molecular weight is 789 g/mol. The number of piperazine rings is 1. The lowest BCUT2D eigenvalue weighted by Gasteiger charge is -2.42. The van der Waals surface area contributed by atoms with E-state index >= 15 is 8.78 Å². The first-order chi connectivity index (χ1) is 26.6. The number of hydrogen-bond acceptors (Lipinski definition) is 10. The number of aromatic carboxylic acids is 1. The largest absolute Gasteiger partial charge is 0.477 e. The van der Waals surface area contributed by atoms with Crippen molar-refractivity contribution >= 4 is 61.5 Å². The fraction of sp³-hybridized carbons (Fsp3) is 0.263. The van der Waals surface area contributed by atoms with Crippen molar-refractivity contribution in [3.05, 3.63) is 111 Å². The van der Waals surface area contributed by atoms with Crippen LogP contribution in [0.15, 0.2) is 75.5 Å². The van der Waals surface area contributed by atoms with E-state index in [0.717, 1.165) is 12.3 Å². The van der Waals surface area contributed by atoms with Crippen LogP contribution in [0.2, 0.25) is 0 Å². The van der Waals surface area contributed by atoms with E-state index in [1.54, 1.807) is 26.8 Å². The summed E-state index contributed by atoms with van der Waals surface area (Å²) in [5, 5.41) is 9.08. The molecule has 1 atom stereocenters. The van der Waals surface area contributed by atoms with Gasteiger partial charge in [-0.2, -0.15) is 0 Å². The Hall–Kier alpha value is -6.14. The minimum atomic E-state index is -4.06. The molecule has 7 rings (SSSR count). The van der Waals surface area contributed by atoms with Gasteiger partial charge in [-0.3, -0.25) is 19.4 Å². The predicted molar refractivity (Wildman–Crippen MR) is 203 cm³/mol. The van der Waals surface area contributed by atoms with Gasteiger partial charge in [0, 0.05) is 55.4 Å². The number of carboxylic acids is 1. The van der Waals surface area contributed by atoms with Crippen LogP contribution >= 0.6 is 0 Å². The van der Waals surface area contributed by atoms with Crippen molar-refractivity contribution in [2.24, 2.45) is 4.99 Å². The minimum absolute atomic E-state index is 0.0326. The van der Waals surface area contributed by atoms with Crippen LogP contribution in [0.5, 0.6) is 0 Å². The Morgan fingerprint density at radius 2 is 1.70 bits per heavy atom. The number of aryl methyl sites for hydroxylation is 3. The number of benzene rings is 3. The second kappa shape index (κ2) is 14.5. The molecule has 0 aliphatic carbocycles. The fourth-order valence-electron chi connectivity index (χ4n) is 7.07. The summed E-state index contributed by atoms with van der Waals surface area (Å²) in [6.07, 6.45) is 1.05. The maximum atomic E-state index is 16.2. The molecule has 2 aliphatic rings. The lowest BCUT2D eigenvalue weighted by atomic mass is 10.1. The molecule has 2 aromatic heterocycles. The number of sulfonamides is 1. The lowest BCUT2D eigenvalue weighted by molar-refractivity contribution is -0.112. The number of halogens is 3. The van der Waals surface area contributed by atoms with Crippen LogP contribution in [0.1, 0.15) is 41.2 Å². The van der Waals surface area contributed by atoms with Crippen molar-refractivity contribution < 1.29 is 36.3 Å². The number of fused-ring (bicyclic) bond motifs is 2. The normalized spacial score (nSPS) is 16.9. The van der Waals surface area contributed by atoms with E-state index in [1.165, 1.54) is 56.8 Å². The Morgan fingerprint density at radius 1 is 1.00 bits per heavy atom. The highest BCUT2D eigenvalue weighted by molar-refractivity contribution is 7.92. The molecule has 1 fully saturated rings. The van der Waals surface area contributed by atoms with Crippen LogP contribution in [0.3, 0.4) is 0 Å². The number of aliphatic imine (C=N–C) groups is 1. The molecule has 0 radical (unpaired) electrons. The van der Waals surface area contributed by atoms with Crippen molar-refractivity contribution in [3.8, 4) is 0 Å². The summed E-state index contributed by atoms with van der Waals surface area (Å²) in [5.74, 6) is -4.71. The van der Waals surface area contributed by atoms with E-state index < -0.39 is 50.3 Å². The Kier molecular flexibility index (Phi) is 9.88. The Balaban J connectivity index is 1.11. The maximum absolute atomic E-state index is 16.2. The summed E-state index contributed by atoms with van der Waals surface area (Å²) in [6, 6.07) is 11.5. The third kappa shape index (κ3) is 6.96. The van der Waals surface area contributed by atoms with Crippen LogP contribution < -0.4 is 20.0 Å². The zero-order valence-electron chi connectivity index (χ0n) is 30.5. The molecule has 290 valence electrons. The fourth-order valence-corrected chi connectivity index (χ4v) is 8.02. The Morgan fingerprint density at radius 3 is 2.34 bits per heavy atom. The number of nitrogens with one attached hydrogen (secondary N) is 1. The van der Waals surface area contributed by atoms with Gasteiger partial charge in [-0.1, -0.05) is 0 Å². The number of hydrogen-bond donors (Lipinski definition) is 2. The van der Waals surface area contributed by atoms with Crippen LogP contribution in [0.4, 0.5) is 36.2 Å². The standard InChI is InChI=1S/C38H35F3N8O6S/c1-5-46-18-28(37(52)53)35(50)27-16-29(40)34(31(41)33(27)46)47-12-13-48(22(4)17-47)19-49-30-11-6-23(39)15-26(30)32(36(49)51)44-24-7-9-25(10-8-24)56(54,55)45-38-42-20(2)14-21(3)43-38/h6-11,14-16,18,22H,5,12-13,17,19H2,1-4H3,(H,52,53)(H,42,43,45). The van der Waals surface area contributed by atoms with E-state index in [1.807, 2.05) is 11.8 Å². The first-order valence-electron chi connectivity index (χ1n) is 17.5. The summed E-state index contributed by atoms with van der Waals surface area (Å²) < 4.78 is 76.0. The number of amides is 1. The van der Waals surface area contributed by atoms with Crippen LogP contribution in [-0.4, -0.2) is 82.9 Å². The Labute approximate surface area is 318 Å². The minimum Gasteiger partial charge on any atom is -0.477 e. The molecule has 1 unspecified atom stereocenters. The first kappa shape index (κ1) is 38.1. The average Bonchev–Trinajstić information content (AvgIpc) is 3.37. The van der Waals surface area contributed by atoms with Gasteiger partial charge in [0.25, 0.3) is 15.9 Å². The maximum Gasteiger partial charge on any atom is 0.341 e. The SMILES string of the molecule is CCn1cc(C(=O)O)c(=O)c2cc(F)c(N3CCN(CN4C(=O)C(=Nc5ccc(S(=O)(=O)Nc6nc(C)cc(C)n6)cc5)c5cc(F)ccc54)C(C)C3)c(F)c21. The monoisotopic (exact) mass is 788 g/mol. The third-order valence-corrected chi connectivity index (χ3v) is 11.1. The highest BCUT2D eigenvalue weighted by Crippen LogP contribution is 2.35. The van der Waals surface area contributed by atoms with Crippen LogP contribution in [0, 0.1) is 31.3 Å². The van der Waals surface area contributed by atoms with E-state index in [9.17, 15) is 32.3 Å². The second-order valence-corrected chi connectivity index (χ2v) is 15.2. The Bertz CT molecular complexity index is 2630. The molecular weight excluding hydrogens is 754 g/mol. The van der Waals surface area contributed by atoms with Gasteiger partial charge in [0.2, 0.25) is 11.4 Å². The number of carboxylic acid groups (broad SMARTS) is 1. The molecule has 2 N–H and O–H groups in total. The van der Waals surface area contributed by atoms with Crippen molar-refractivity contribution in [2.45, 2.75) is 45.2 Å². The molecule has 0 saturated carbocycles. The number of nitrogens with zero attached hydrogens (tertiary/aromatic N) is 7. The van der Waals surface area contributed by atoms with Crippen LogP contribution in [-0.2, 0) is 21.4 Å². The zero-order chi connectivity index (χ0) is 40.2. The van der Waals surface area contributed by atoms with E-state index in [0.29, 0.717) is 17.1 Å². The number of anilines is 3. The van der Waals surface area contributed by atoms with Gasteiger partial charge in [0.05, 0.1) is 33.8 Å². The van der Waals surface area contributed by atoms with Gasteiger partial charge in [-0.15, -0.1) is 0 Å². The molecule has 18 heteroatoms. The number of aromatic nitrogens is 3. The smallest absolute Gasteiger partial charge is 0.341 e. The van der Waals surface area contributed by atoms with Gasteiger partial charge in [0.1, 0.15) is 28.6 Å². The van der Waals surface area contributed by atoms with E-state index in [-0.39, 0.29) is 83.3 Å². The topological polar surface area (TPSA) is 170 Å². The highest BCUT2D eigenvalue weighted by Gasteiger charge is 2.38. The van der Waals surface area contributed by atoms with Crippen LogP contribution in [0.25, 0.3) is 10.9 Å². The lowest BCUT2D eigenvalue weighted by Crippen LogP contribution is -2.56. The van der Waals surface area contributed by atoms with Crippen molar-refractivity contribution in [1.82, 2.24) is 19.4 Å². The number of rotatable bonds is 9. The third-order valence-electron chi connectivity index (χ3n) is 9.75. The highest BCUT2D eigenvalue weighted by atomic mass is 32.2. The number of carbonyl (C=O) groups is 2. The van der Waals surface area contributed by atoms with Gasteiger partial charge >= 0.3 is 5.97 Å². The quantitative estimate of drug-likeness (QED) is 0.208. The summed E-state index contributed by atoms with van der Waals surface area (Å²) >= 11 is 0. The van der Waals surface area contributed by atoms with Gasteiger partial charge < -0.3 is 14.6 Å². The van der Waals surface area contributed by atoms with Gasteiger partial charge in [-0.05, 0) is 82.3 Å². The molecule has 2 aliphatic heterocycles. The molecule has 56 heavy (non-hydrogen) atoms.